The number of hydrogen-bond donors (Lipinski definition) is 1. The van der Waals surface area contributed by atoms with Crippen molar-refractivity contribution >= 4 is 11.6 Å². The Morgan fingerprint density at radius 3 is 2.61 bits per heavy atom. The molecule has 0 heterocycles. The molecule has 0 fully saturated rings. The molecule has 0 bridgehead atoms. The summed E-state index contributed by atoms with van der Waals surface area (Å²) in [6.45, 7) is 2.46. The molecule has 0 atom stereocenters. The van der Waals surface area contributed by atoms with Crippen LogP contribution in [0.2, 0.25) is 5.02 Å². The summed E-state index contributed by atoms with van der Waals surface area (Å²) in [5, 5.41) is 3.79. The van der Waals surface area contributed by atoms with Gasteiger partial charge in [0.1, 0.15) is 5.82 Å². The highest BCUT2D eigenvalue weighted by Gasteiger charge is 2.07. The standard InChI is InChI=1S/C15H15ClFN/c1-10-3-4-11(8-15(10)17)14-6-5-13(16)7-12(14)9-18-2/h3-8,18H,9H2,1-2H3. The van der Waals surface area contributed by atoms with E-state index in [9.17, 15) is 4.39 Å². The Balaban J connectivity index is 2.51. The minimum absolute atomic E-state index is 0.183. The van der Waals surface area contributed by atoms with E-state index in [0.29, 0.717) is 17.1 Å². The molecule has 1 N–H and O–H groups in total. The predicted octanol–water partition coefficient (Wildman–Crippen LogP) is 4.17. The topological polar surface area (TPSA) is 12.0 Å². The summed E-state index contributed by atoms with van der Waals surface area (Å²) in [6, 6.07) is 11.0. The Morgan fingerprint density at radius 2 is 1.94 bits per heavy atom. The average Bonchev–Trinajstić information content (AvgIpc) is 2.34. The summed E-state index contributed by atoms with van der Waals surface area (Å²) in [7, 11) is 1.88. The lowest BCUT2D eigenvalue weighted by molar-refractivity contribution is 0.619. The SMILES string of the molecule is CNCc1cc(Cl)ccc1-c1ccc(C)c(F)c1. The van der Waals surface area contributed by atoms with Gasteiger partial charge in [-0.15, -0.1) is 0 Å². The summed E-state index contributed by atoms with van der Waals surface area (Å²) < 4.78 is 13.6. The number of benzene rings is 2. The zero-order chi connectivity index (χ0) is 13.1. The molecular weight excluding hydrogens is 249 g/mol. The van der Waals surface area contributed by atoms with Crippen molar-refractivity contribution < 1.29 is 4.39 Å². The summed E-state index contributed by atoms with van der Waals surface area (Å²) in [4.78, 5) is 0. The molecule has 1 nitrogen and oxygen atoms in total. The highest BCUT2D eigenvalue weighted by Crippen LogP contribution is 2.27. The van der Waals surface area contributed by atoms with Crippen LogP contribution in [0.3, 0.4) is 0 Å². The van der Waals surface area contributed by atoms with Gasteiger partial charge in [-0.1, -0.05) is 29.8 Å². The van der Waals surface area contributed by atoms with E-state index in [-0.39, 0.29) is 5.82 Å². The maximum absolute atomic E-state index is 13.6. The van der Waals surface area contributed by atoms with Crippen molar-refractivity contribution in [3.8, 4) is 11.1 Å². The van der Waals surface area contributed by atoms with Gasteiger partial charge in [-0.25, -0.2) is 4.39 Å². The Bertz CT molecular complexity index is 566. The summed E-state index contributed by atoms with van der Waals surface area (Å²) in [6.07, 6.45) is 0. The fourth-order valence-corrected chi connectivity index (χ4v) is 2.14. The van der Waals surface area contributed by atoms with Crippen molar-refractivity contribution in [1.29, 1.82) is 0 Å². The van der Waals surface area contributed by atoms with Gasteiger partial charge in [0.05, 0.1) is 0 Å². The van der Waals surface area contributed by atoms with E-state index < -0.39 is 0 Å². The molecule has 0 amide bonds. The number of hydrogen-bond acceptors (Lipinski definition) is 1. The number of rotatable bonds is 3. The Labute approximate surface area is 112 Å². The first kappa shape index (κ1) is 13.1. The van der Waals surface area contributed by atoms with Gasteiger partial charge in [0.15, 0.2) is 0 Å². The van der Waals surface area contributed by atoms with Crippen LogP contribution in [0.15, 0.2) is 36.4 Å². The van der Waals surface area contributed by atoms with Crippen LogP contribution < -0.4 is 5.32 Å². The molecule has 18 heavy (non-hydrogen) atoms. The lowest BCUT2D eigenvalue weighted by Gasteiger charge is -2.11. The summed E-state index contributed by atoms with van der Waals surface area (Å²) in [5.41, 5.74) is 3.60. The van der Waals surface area contributed by atoms with Crippen LogP contribution >= 0.6 is 11.6 Å². The highest BCUT2D eigenvalue weighted by molar-refractivity contribution is 6.30. The molecule has 2 aromatic carbocycles. The van der Waals surface area contributed by atoms with Gasteiger partial charge in [0.2, 0.25) is 0 Å². The average molecular weight is 264 g/mol. The molecule has 0 radical (unpaired) electrons. The molecular formula is C15H15ClFN. The normalized spacial score (nSPS) is 10.7. The second-order valence-electron chi connectivity index (χ2n) is 4.30. The third-order valence-corrected chi connectivity index (χ3v) is 3.15. The Kier molecular flexibility index (Phi) is 4.00. The van der Waals surface area contributed by atoms with E-state index in [1.165, 1.54) is 0 Å². The van der Waals surface area contributed by atoms with E-state index in [0.717, 1.165) is 16.7 Å². The van der Waals surface area contributed by atoms with Gasteiger partial charge < -0.3 is 5.32 Å². The van der Waals surface area contributed by atoms with E-state index in [1.807, 2.05) is 31.3 Å². The smallest absolute Gasteiger partial charge is 0.126 e. The molecule has 0 aliphatic rings. The summed E-state index contributed by atoms with van der Waals surface area (Å²) >= 11 is 5.99. The molecule has 2 rings (SSSR count). The first-order valence-electron chi connectivity index (χ1n) is 5.81. The van der Waals surface area contributed by atoms with Gasteiger partial charge in [-0.2, -0.15) is 0 Å². The van der Waals surface area contributed by atoms with E-state index >= 15 is 0 Å². The highest BCUT2D eigenvalue weighted by atomic mass is 35.5. The lowest BCUT2D eigenvalue weighted by Crippen LogP contribution is -2.06. The van der Waals surface area contributed by atoms with E-state index in [4.69, 9.17) is 11.6 Å². The summed E-state index contributed by atoms with van der Waals surface area (Å²) in [5.74, 6) is -0.183. The van der Waals surface area contributed by atoms with Crippen LogP contribution in [0.4, 0.5) is 4.39 Å². The Morgan fingerprint density at radius 1 is 1.17 bits per heavy atom. The zero-order valence-corrected chi connectivity index (χ0v) is 11.2. The largest absolute Gasteiger partial charge is 0.316 e. The molecule has 0 aliphatic heterocycles. The van der Waals surface area contributed by atoms with E-state index in [2.05, 4.69) is 5.32 Å². The van der Waals surface area contributed by atoms with Crippen LogP contribution in [0, 0.1) is 12.7 Å². The third kappa shape index (κ3) is 2.71. The maximum atomic E-state index is 13.6. The molecule has 0 saturated carbocycles. The van der Waals surface area contributed by atoms with Crippen molar-refractivity contribution in [2.24, 2.45) is 0 Å². The third-order valence-electron chi connectivity index (χ3n) is 2.92. The molecule has 0 aromatic heterocycles. The van der Waals surface area contributed by atoms with Crippen molar-refractivity contribution in [3.05, 3.63) is 58.4 Å². The molecule has 94 valence electrons. The molecule has 0 saturated heterocycles. The first-order valence-corrected chi connectivity index (χ1v) is 6.19. The lowest BCUT2D eigenvalue weighted by atomic mass is 9.98. The van der Waals surface area contributed by atoms with Crippen molar-refractivity contribution in [1.82, 2.24) is 5.32 Å². The van der Waals surface area contributed by atoms with Crippen molar-refractivity contribution in [2.45, 2.75) is 13.5 Å². The number of halogens is 2. The predicted molar refractivity (Wildman–Crippen MR) is 74.3 cm³/mol. The van der Waals surface area contributed by atoms with Gasteiger partial charge >= 0.3 is 0 Å². The zero-order valence-electron chi connectivity index (χ0n) is 10.4. The minimum atomic E-state index is -0.183. The maximum Gasteiger partial charge on any atom is 0.126 e. The second kappa shape index (κ2) is 5.51. The van der Waals surface area contributed by atoms with Gasteiger partial charge in [0.25, 0.3) is 0 Å². The number of nitrogens with one attached hydrogen (secondary N) is 1. The van der Waals surface area contributed by atoms with Gasteiger partial charge in [-0.3, -0.25) is 0 Å². The fraction of sp³-hybridized carbons (Fsp3) is 0.200. The Hall–Kier alpha value is -1.38. The second-order valence-corrected chi connectivity index (χ2v) is 4.73. The fourth-order valence-electron chi connectivity index (χ4n) is 1.94. The van der Waals surface area contributed by atoms with Gasteiger partial charge in [-0.05, 0) is 54.4 Å². The van der Waals surface area contributed by atoms with E-state index in [1.54, 1.807) is 19.1 Å². The van der Waals surface area contributed by atoms with Crippen LogP contribution in [0.25, 0.3) is 11.1 Å². The molecule has 0 aliphatic carbocycles. The van der Waals surface area contributed by atoms with Crippen LogP contribution in [0.1, 0.15) is 11.1 Å². The quantitative estimate of drug-likeness (QED) is 0.876. The number of aryl methyl sites for hydroxylation is 1. The molecule has 0 unspecified atom stereocenters. The van der Waals surface area contributed by atoms with Crippen LogP contribution in [0.5, 0.6) is 0 Å². The van der Waals surface area contributed by atoms with Crippen LogP contribution in [-0.2, 0) is 6.54 Å². The van der Waals surface area contributed by atoms with Crippen molar-refractivity contribution in [3.63, 3.8) is 0 Å². The molecule has 0 spiro atoms. The van der Waals surface area contributed by atoms with Gasteiger partial charge in [0, 0.05) is 11.6 Å². The molecule has 3 heteroatoms. The minimum Gasteiger partial charge on any atom is -0.316 e. The van der Waals surface area contributed by atoms with Crippen LogP contribution in [-0.4, -0.2) is 7.05 Å². The van der Waals surface area contributed by atoms with Crippen molar-refractivity contribution in [2.75, 3.05) is 7.05 Å². The monoisotopic (exact) mass is 263 g/mol. The molecule has 2 aromatic rings. The first-order chi connectivity index (χ1) is 8.61.